The molecule has 124 valence electrons. The maximum absolute atomic E-state index is 13.4. The number of hydrogen-bond acceptors (Lipinski definition) is 3. The number of rotatable bonds is 3. The third-order valence-corrected chi connectivity index (χ3v) is 4.19. The van der Waals surface area contributed by atoms with Crippen LogP contribution in [0.1, 0.15) is 13.8 Å². The molecule has 0 aliphatic carbocycles. The monoisotopic (exact) mass is 322 g/mol. The van der Waals surface area contributed by atoms with Crippen molar-refractivity contribution in [2.75, 3.05) is 26.2 Å². The van der Waals surface area contributed by atoms with Crippen molar-refractivity contribution in [2.45, 2.75) is 20.5 Å². The summed E-state index contributed by atoms with van der Waals surface area (Å²) in [5.74, 6) is -1.57. The van der Waals surface area contributed by atoms with E-state index in [9.17, 15) is 13.6 Å². The fourth-order valence-corrected chi connectivity index (χ4v) is 2.86. The molecule has 1 aliphatic heterocycles. The number of piperazine rings is 1. The zero-order chi connectivity index (χ0) is 16.6. The third kappa shape index (κ3) is 3.19. The number of benzene rings is 1. The van der Waals surface area contributed by atoms with Gasteiger partial charge in [-0.05, 0) is 0 Å². The van der Waals surface area contributed by atoms with Crippen LogP contribution in [0.5, 0.6) is 0 Å². The Morgan fingerprint density at radius 1 is 1.17 bits per heavy atom. The van der Waals surface area contributed by atoms with Crippen LogP contribution < -0.4 is 0 Å². The molecule has 1 aromatic heterocycles. The van der Waals surface area contributed by atoms with Crippen molar-refractivity contribution in [3.63, 3.8) is 0 Å². The first-order valence-corrected chi connectivity index (χ1v) is 7.76. The summed E-state index contributed by atoms with van der Waals surface area (Å²) in [6.45, 7) is 7.23. The molecule has 1 aliphatic rings. The second-order valence-electron chi connectivity index (χ2n) is 6.21. The molecule has 1 fully saturated rings. The zero-order valence-corrected chi connectivity index (χ0v) is 13.3. The number of aromatic nitrogens is 2. The van der Waals surface area contributed by atoms with Crippen LogP contribution in [-0.2, 0) is 11.5 Å². The molecule has 7 heteroatoms. The first-order chi connectivity index (χ1) is 11.0. The van der Waals surface area contributed by atoms with Crippen molar-refractivity contribution in [3.05, 3.63) is 30.1 Å². The van der Waals surface area contributed by atoms with Crippen molar-refractivity contribution >= 4 is 16.9 Å². The highest BCUT2D eigenvalue weighted by atomic mass is 19.2. The summed E-state index contributed by atoms with van der Waals surface area (Å²) < 4.78 is 28.5. The molecule has 0 spiro atoms. The van der Waals surface area contributed by atoms with Crippen LogP contribution in [0.2, 0.25) is 0 Å². The third-order valence-electron chi connectivity index (χ3n) is 4.19. The van der Waals surface area contributed by atoms with Gasteiger partial charge in [-0.3, -0.25) is 9.69 Å². The van der Waals surface area contributed by atoms with Gasteiger partial charge in [0.1, 0.15) is 0 Å². The van der Waals surface area contributed by atoms with Gasteiger partial charge in [-0.1, -0.05) is 13.8 Å². The fraction of sp³-hybridized carbons (Fsp3) is 0.500. The van der Waals surface area contributed by atoms with E-state index in [1.807, 2.05) is 18.7 Å². The molecule has 2 heterocycles. The minimum Gasteiger partial charge on any atom is -0.340 e. The van der Waals surface area contributed by atoms with Gasteiger partial charge in [0.05, 0.1) is 24.0 Å². The van der Waals surface area contributed by atoms with Gasteiger partial charge in [0.25, 0.3) is 0 Å². The molecule has 1 saturated heterocycles. The number of halogens is 2. The molecule has 0 bridgehead atoms. The van der Waals surface area contributed by atoms with Crippen LogP contribution in [-0.4, -0.2) is 51.4 Å². The lowest BCUT2D eigenvalue weighted by atomic mass is 10.1. The number of amides is 1. The smallest absolute Gasteiger partial charge is 0.225 e. The molecule has 0 unspecified atom stereocenters. The summed E-state index contributed by atoms with van der Waals surface area (Å²) >= 11 is 0. The fourth-order valence-electron chi connectivity index (χ4n) is 2.86. The second-order valence-corrected chi connectivity index (χ2v) is 6.21. The Bertz CT molecular complexity index is 720. The number of imidazole rings is 1. The number of carbonyl (C=O) groups is 1. The Labute approximate surface area is 133 Å². The van der Waals surface area contributed by atoms with Crippen molar-refractivity contribution in [3.8, 4) is 0 Å². The summed E-state index contributed by atoms with van der Waals surface area (Å²) in [6.07, 6.45) is 1.59. The average molecular weight is 322 g/mol. The molecular formula is C16H20F2N4O. The molecule has 1 aromatic carbocycles. The number of fused-ring (bicyclic) bond motifs is 1. The predicted octanol–water partition coefficient (Wildman–Crippen LogP) is 2.07. The van der Waals surface area contributed by atoms with Gasteiger partial charge in [-0.25, -0.2) is 13.8 Å². The van der Waals surface area contributed by atoms with Crippen LogP contribution in [0, 0.1) is 17.6 Å². The van der Waals surface area contributed by atoms with Gasteiger partial charge < -0.3 is 9.47 Å². The van der Waals surface area contributed by atoms with E-state index in [1.54, 1.807) is 10.9 Å². The molecule has 1 amide bonds. The van der Waals surface area contributed by atoms with Gasteiger partial charge >= 0.3 is 0 Å². The van der Waals surface area contributed by atoms with Crippen molar-refractivity contribution in [2.24, 2.45) is 5.92 Å². The van der Waals surface area contributed by atoms with Crippen LogP contribution in [0.3, 0.4) is 0 Å². The summed E-state index contributed by atoms with van der Waals surface area (Å²) in [5, 5.41) is 0. The van der Waals surface area contributed by atoms with E-state index in [0.29, 0.717) is 30.8 Å². The van der Waals surface area contributed by atoms with E-state index in [2.05, 4.69) is 9.88 Å². The van der Waals surface area contributed by atoms with Gasteiger partial charge in [0.15, 0.2) is 11.6 Å². The minimum atomic E-state index is -0.886. The van der Waals surface area contributed by atoms with Crippen LogP contribution >= 0.6 is 0 Å². The first-order valence-electron chi connectivity index (χ1n) is 7.76. The maximum Gasteiger partial charge on any atom is 0.225 e. The van der Waals surface area contributed by atoms with E-state index in [0.717, 1.165) is 19.2 Å². The Morgan fingerprint density at radius 3 is 2.48 bits per heavy atom. The molecule has 0 saturated carbocycles. The summed E-state index contributed by atoms with van der Waals surface area (Å²) in [6, 6.07) is 2.29. The van der Waals surface area contributed by atoms with Gasteiger partial charge in [0.2, 0.25) is 5.91 Å². The summed E-state index contributed by atoms with van der Waals surface area (Å²) in [5.41, 5.74) is 1.02. The van der Waals surface area contributed by atoms with E-state index < -0.39 is 11.6 Å². The molecule has 23 heavy (non-hydrogen) atoms. The Balaban J connectivity index is 1.67. The average Bonchev–Trinajstić information content (AvgIpc) is 2.90. The highest BCUT2D eigenvalue weighted by Crippen LogP contribution is 2.18. The summed E-state index contributed by atoms with van der Waals surface area (Å²) in [4.78, 5) is 20.1. The van der Waals surface area contributed by atoms with E-state index in [-0.39, 0.29) is 11.8 Å². The molecule has 0 N–H and O–H groups in total. The molecule has 0 atom stereocenters. The quantitative estimate of drug-likeness (QED) is 0.869. The number of carbonyl (C=O) groups excluding carboxylic acids is 1. The van der Waals surface area contributed by atoms with Crippen molar-refractivity contribution < 1.29 is 13.6 Å². The lowest BCUT2D eigenvalue weighted by molar-refractivity contribution is -0.136. The largest absolute Gasteiger partial charge is 0.340 e. The van der Waals surface area contributed by atoms with Gasteiger partial charge in [0, 0.05) is 44.2 Å². The minimum absolute atomic E-state index is 0.0111. The van der Waals surface area contributed by atoms with Crippen molar-refractivity contribution in [1.29, 1.82) is 0 Å². The van der Waals surface area contributed by atoms with Crippen LogP contribution in [0.4, 0.5) is 8.78 Å². The molecule has 0 radical (unpaired) electrons. The van der Waals surface area contributed by atoms with Crippen molar-refractivity contribution in [1.82, 2.24) is 19.4 Å². The molecule has 3 rings (SSSR count). The second kappa shape index (κ2) is 6.23. The Hall–Kier alpha value is -2.02. The van der Waals surface area contributed by atoms with Gasteiger partial charge in [-0.2, -0.15) is 0 Å². The standard InChI is InChI=1S/C16H20F2N4O/c1-11(2)16(23)21-5-3-20(4-6-21)10-22-9-19-14-7-12(17)13(18)8-15(14)22/h7-9,11H,3-6,10H2,1-2H3. The highest BCUT2D eigenvalue weighted by Gasteiger charge is 2.23. The number of nitrogens with zero attached hydrogens (tertiary/aromatic N) is 4. The maximum atomic E-state index is 13.4. The first kappa shape index (κ1) is 15.9. The lowest BCUT2D eigenvalue weighted by Gasteiger charge is -2.35. The van der Waals surface area contributed by atoms with Crippen LogP contribution in [0.25, 0.3) is 11.0 Å². The molecule has 5 nitrogen and oxygen atoms in total. The zero-order valence-electron chi connectivity index (χ0n) is 13.3. The Kier molecular flexibility index (Phi) is 4.30. The topological polar surface area (TPSA) is 41.4 Å². The highest BCUT2D eigenvalue weighted by molar-refractivity contribution is 5.78. The normalized spacial score (nSPS) is 16.5. The van der Waals surface area contributed by atoms with E-state index in [4.69, 9.17) is 0 Å². The predicted molar refractivity (Wildman–Crippen MR) is 82.6 cm³/mol. The molecule has 2 aromatic rings. The van der Waals surface area contributed by atoms with Gasteiger partial charge in [-0.15, -0.1) is 0 Å². The lowest BCUT2D eigenvalue weighted by Crippen LogP contribution is -2.49. The van der Waals surface area contributed by atoms with E-state index in [1.165, 1.54) is 6.07 Å². The summed E-state index contributed by atoms with van der Waals surface area (Å²) in [7, 11) is 0. The molecular weight excluding hydrogens is 302 g/mol. The van der Waals surface area contributed by atoms with Crippen LogP contribution in [0.15, 0.2) is 18.5 Å². The van der Waals surface area contributed by atoms with E-state index >= 15 is 0 Å². The number of hydrogen-bond donors (Lipinski definition) is 0. The Morgan fingerprint density at radius 2 is 1.83 bits per heavy atom. The SMILES string of the molecule is CC(C)C(=O)N1CCN(Cn2cnc3cc(F)c(F)cc32)CC1.